The Labute approximate surface area is 108 Å². The summed E-state index contributed by atoms with van der Waals surface area (Å²) in [5.74, 6) is 0. The van der Waals surface area contributed by atoms with E-state index < -0.39 is 0 Å². The maximum absolute atomic E-state index is 6.19. The summed E-state index contributed by atoms with van der Waals surface area (Å²) in [5.41, 5.74) is 7.83. The first-order chi connectivity index (χ1) is 8.11. The van der Waals surface area contributed by atoms with Gasteiger partial charge in [0.15, 0.2) is 0 Å². The molecule has 3 nitrogen and oxygen atoms in total. The standard InChI is InChI=1S/C13H20ClN3/c1-16(2)12-5-6-17(9-12)11-4-3-10(8-15)13(14)7-11/h3-4,7,12H,5-6,8-9,15H2,1-2H3. The first-order valence-corrected chi connectivity index (χ1v) is 6.39. The number of hydrogen-bond donors (Lipinski definition) is 1. The molecule has 4 heteroatoms. The summed E-state index contributed by atoms with van der Waals surface area (Å²) in [6.07, 6.45) is 1.21. The maximum Gasteiger partial charge on any atom is 0.0471 e. The lowest BCUT2D eigenvalue weighted by Gasteiger charge is -2.22. The van der Waals surface area contributed by atoms with Gasteiger partial charge in [-0.1, -0.05) is 17.7 Å². The summed E-state index contributed by atoms with van der Waals surface area (Å²) in [6.45, 7) is 2.67. The Hall–Kier alpha value is -0.770. The summed E-state index contributed by atoms with van der Waals surface area (Å²) in [4.78, 5) is 4.67. The van der Waals surface area contributed by atoms with Gasteiger partial charge in [0.2, 0.25) is 0 Å². The first-order valence-electron chi connectivity index (χ1n) is 6.01. The Kier molecular flexibility index (Phi) is 3.92. The van der Waals surface area contributed by atoms with Gasteiger partial charge in [0.1, 0.15) is 0 Å². The molecule has 1 heterocycles. The molecule has 1 unspecified atom stereocenters. The van der Waals surface area contributed by atoms with Crippen LogP contribution in [0.15, 0.2) is 18.2 Å². The van der Waals surface area contributed by atoms with Crippen molar-refractivity contribution in [3.8, 4) is 0 Å². The highest BCUT2D eigenvalue weighted by molar-refractivity contribution is 6.31. The van der Waals surface area contributed by atoms with E-state index in [1.807, 2.05) is 12.1 Å². The van der Waals surface area contributed by atoms with Crippen molar-refractivity contribution < 1.29 is 0 Å². The van der Waals surface area contributed by atoms with Gasteiger partial charge >= 0.3 is 0 Å². The Bertz CT molecular complexity index is 392. The molecule has 1 aromatic rings. The third kappa shape index (κ3) is 2.73. The Morgan fingerprint density at radius 1 is 1.47 bits per heavy atom. The van der Waals surface area contributed by atoms with E-state index in [0.717, 1.165) is 23.7 Å². The van der Waals surface area contributed by atoms with Gasteiger partial charge in [-0.25, -0.2) is 0 Å². The van der Waals surface area contributed by atoms with Crippen molar-refractivity contribution in [3.05, 3.63) is 28.8 Å². The molecule has 1 saturated heterocycles. The first kappa shape index (κ1) is 12.7. The minimum Gasteiger partial charge on any atom is -0.370 e. The van der Waals surface area contributed by atoms with Crippen LogP contribution in [0.4, 0.5) is 5.69 Å². The summed E-state index contributed by atoms with van der Waals surface area (Å²) < 4.78 is 0. The zero-order chi connectivity index (χ0) is 12.4. The van der Waals surface area contributed by atoms with Crippen LogP contribution in [0.3, 0.4) is 0 Å². The van der Waals surface area contributed by atoms with Gasteiger partial charge in [-0.3, -0.25) is 0 Å². The molecule has 1 fully saturated rings. The molecule has 0 amide bonds. The number of benzene rings is 1. The van der Waals surface area contributed by atoms with Gasteiger partial charge < -0.3 is 15.5 Å². The zero-order valence-electron chi connectivity index (χ0n) is 10.5. The molecule has 94 valence electrons. The van der Waals surface area contributed by atoms with Crippen molar-refractivity contribution >= 4 is 17.3 Å². The molecule has 0 saturated carbocycles. The van der Waals surface area contributed by atoms with Crippen molar-refractivity contribution in [1.82, 2.24) is 4.90 Å². The Morgan fingerprint density at radius 3 is 2.76 bits per heavy atom. The normalized spacial score (nSPS) is 20.3. The van der Waals surface area contributed by atoms with Crippen LogP contribution < -0.4 is 10.6 Å². The molecule has 1 atom stereocenters. The number of likely N-dealkylation sites (N-methyl/N-ethyl adjacent to an activating group) is 1. The summed E-state index contributed by atoms with van der Waals surface area (Å²) in [7, 11) is 4.28. The Morgan fingerprint density at radius 2 is 2.24 bits per heavy atom. The van der Waals surface area contributed by atoms with Crippen LogP contribution in [0.25, 0.3) is 0 Å². The van der Waals surface area contributed by atoms with Crippen molar-refractivity contribution in [2.45, 2.75) is 19.0 Å². The minimum atomic E-state index is 0.499. The van der Waals surface area contributed by atoms with Gasteiger partial charge in [0.25, 0.3) is 0 Å². The van der Waals surface area contributed by atoms with Crippen LogP contribution in [0.2, 0.25) is 5.02 Å². The molecular weight excluding hydrogens is 234 g/mol. The van der Waals surface area contributed by atoms with Crippen LogP contribution >= 0.6 is 11.6 Å². The van der Waals surface area contributed by atoms with Gasteiger partial charge in [0, 0.05) is 36.4 Å². The van der Waals surface area contributed by atoms with E-state index in [4.69, 9.17) is 17.3 Å². The number of rotatable bonds is 3. The third-order valence-electron chi connectivity index (χ3n) is 3.52. The number of anilines is 1. The lowest BCUT2D eigenvalue weighted by atomic mass is 10.2. The predicted octanol–water partition coefficient (Wildman–Crippen LogP) is 1.94. The average molecular weight is 254 g/mol. The van der Waals surface area contributed by atoms with Crippen LogP contribution in [-0.2, 0) is 6.54 Å². The molecule has 1 aromatic carbocycles. The number of nitrogens with two attached hydrogens (primary N) is 1. The molecule has 1 aliphatic heterocycles. The molecule has 0 aromatic heterocycles. The Balaban J connectivity index is 2.11. The number of nitrogens with zero attached hydrogens (tertiary/aromatic N) is 2. The fourth-order valence-corrected chi connectivity index (χ4v) is 2.55. The molecule has 0 bridgehead atoms. The molecule has 0 aliphatic carbocycles. The van der Waals surface area contributed by atoms with Crippen LogP contribution in [0.1, 0.15) is 12.0 Å². The lowest BCUT2D eigenvalue weighted by Crippen LogP contribution is -2.31. The zero-order valence-corrected chi connectivity index (χ0v) is 11.2. The summed E-state index contributed by atoms with van der Waals surface area (Å²) in [5, 5.41) is 0.776. The third-order valence-corrected chi connectivity index (χ3v) is 3.87. The average Bonchev–Trinajstić information content (AvgIpc) is 2.78. The molecule has 2 rings (SSSR count). The highest BCUT2D eigenvalue weighted by Gasteiger charge is 2.24. The largest absolute Gasteiger partial charge is 0.370 e. The monoisotopic (exact) mass is 253 g/mol. The second kappa shape index (κ2) is 5.25. The van der Waals surface area contributed by atoms with Gasteiger partial charge in [0.05, 0.1) is 0 Å². The molecular formula is C13H20ClN3. The maximum atomic E-state index is 6.19. The quantitative estimate of drug-likeness (QED) is 0.894. The summed E-state index contributed by atoms with van der Waals surface area (Å²) in [6, 6.07) is 6.82. The van der Waals surface area contributed by atoms with Crippen molar-refractivity contribution in [2.75, 3.05) is 32.1 Å². The van der Waals surface area contributed by atoms with E-state index in [2.05, 4.69) is 30.0 Å². The van der Waals surface area contributed by atoms with Gasteiger partial charge in [-0.15, -0.1) is 0 Å². The second-order valence-corrected chi connectivity index (χ2v) is 5.24. The van der Waals surface area contributed by atoms with Crippen molar-refractivity contribution in [1.29, 1.82) is 0 Å². The predicted molar refractivity (Wildman–Crippen MR) is 73.6 cm³/mol. The smallest absolute Gasteiger partial charge is 0.0471 e. The van der Waals surface area contributed by atoms with Gasteiger partial charge in [-0.2, -0.15) is 0 Å². The summed E-state index contributed by atoms with van der Waals surface area (Å²) >= 11 is 6.19. The van der Waals surface area contributed by atoms with E-state index in [1.165, 1.54) is 12.1 Å². The number of halogens is 1. The van der Waals surface area contributed by atoms with Crippen LogP contribution in [0, 0.1) is 0 Å². The fraction of sp³-hybridized carbons (Fsp3) is 0.538. The van der Waals surface area contributed by atoms with Gasteiger partial charge in [-0.05, 0) is 38.2 Å². The van der Waals surface area contributed by atoms with E-state index >= 15 is 0 Å². The van der Waals surface area contributed by atoms with Crippen molar-refractivity contribution in [3.63, 3.8) is 0 Å². The van der Waals surface area contributed by atoms with E-state index in [0.29, 0.717) is 12.6 Å². The van der Waals surface area contributed by atoms with Crippen molar-refractivity contribution in [2.24, 2.45) is 5.73 Å². The topological polar surface area (TPSA) is 32.5 Å². The van der Waals surface area contributed by atoms with E-state index in [-0.39, 0.29) is 0 Å². The highest BCUT2D eigenvalue weighted by Crippen LogP contribution is 2.27. The molecule has 1 aliphatic rings. The fourth-order valence-electron chi connectivity index (χ4n) is 2.30. The molecule has 0 spiro atoms. The van der Waals surface area contributed by atoms with E-state index in [1.54, 1.807) is 0 Å². The lowest BCUT2D eigenvalue weighted by molar-refractivity contribution is 0.315. The minimum absolute atomic E-state index is 0.499. The van der Waals surface area contributed by atoms with Crippen LogP contribution in [-0.4, -0.2) is 38.1 Å². The second-order valence-electron chi connectivity index (χ2n) is 4.83. The SMILES string of the molecule is CN(C)C1CCN(c2ccc(CN)c(Cl)c2)C1. The van der Waals surface area contributed by atoms with E-state index in [9.17, 15) is 0 Å². The molecule has 2 N–H and O–H groups in total. The number of hydrogen-bond acceptors (Lipinski definition) is 3. The van der Waals surface area contributed by atoms with Crippen LogP contribution in [0.5, 0.6) is 0 Å². The molecule has 17 heavy (non-hydrogen) atoms. The highest BCUT2D eigenvalue weighted by atomic mass is 35.5. The molecule has 0 radical (unpaired) electrons.